The minimum Gasteiger partial charge on any atom is -0.396 e. The van der Waals surface area contributed by atoms with Crippen LogP contribution < -0.4 is 10.6 Å². The Hall–Kier alpha value is -1.85. The molecule has 1 aromatic carbocycles. The molecule has 1 aromatic heterocycles. The summed E-state index contributed by atoms with van der Waals surface area (Å²) in [4.78, 5) is 4.20. The molecule has 0 aliphatic carbocycles. The molecule has 0 saturated carbocycles. The Balaban J connectivity index is 1.84. The lowest BCUT2D eigenvalue weighted by Gasteiger charge is -2.18. The number of hydrogen-bond donors (Lipinski definition) is 3. The fourth-order valence-corrected chi connectivity index (χ4v) is 2.70. The smallest absolute Gasteiger partial charge is 0.191 e. The van der Waals surface area contributed by atoms with Crippen LogP contribution in [0.1, 0.15) is 17.0 Å². The van der Waals surface area contributed by atoms with Gasteiger partial charge in [-0.25, -0.2) is 0 Å². The number of thiophene rings is 1. The van der Waals surface area contributed by atoms with Crippen LogP contribution in [0.3, 0.4) is 0 Å². The Morgan fingerprint density at radius 3 is 2.67 bits per heavy atom. The molecule has 2 aromatic rings. The summed E-state index contributed by atoms with van der Waals surface area (Å²) in [7, 11) is 1.75. The molecule has 0 radical (unpaired) electrons. The van der Waals surface area contributed by atoms with E-state index < -0.39 is 0 Å². The predicted octanol–water partition coefficient (Wildman–Crippen LogP) is 2.19. The van der Waals surface area contributed by atoms with Crippen molar-refractivity contribution < 1.29 is 5.11 Å². The molecule has 1 heterocycles. The number of rotatable bonds is 6. The molecule has 21 heavy (non-hydrogen) atoms. The molecule has 3 N–H and O–H groups in total. The largest absolute Gasteiger partial charge is 0.396 e. The highest BCUT2D eigenvalue weighted by molar-refractivity contribution is 7.07. The zero-order valence-corrected chi connectivity index (χ0v) is 12.9. The fraction of sp³-hybridized carbons (Fsp3) is 0.312. The van der Waals surface area contributed by atoms with Crippen LogP contribution in [0.4, 0.5) is 0 Å². The van der Waals surface area contributed by atoms with Gasteiger partial charge < -0.3 is 15.7 Å². The molecule has 0 fully saturated rings. The van der Waals surface area contributed by atoms with E-state index in [0.717, 1.165) is 18.1 Å². The van der Waals surface area contributed by atoms with Gasteiger partial charge in [-0.05, 0) is 28.0 Å². The van der Waals surface area contributed by atoms with Crippen LogP contribution in [0, 0.1) is 0 Å². The number of aliphatic hydroxyl groups excluding tert-OH is 1. The molecule has 0 spiro atoms. The van der Waals surface area contributed by atoms with Gasteiger partial charge >= 0.3 is 0 Å². The Bertz CT molecular complexity index is 540. The van der Waals surface area contributed by atoms with Crippen molar-refractivity contribution in [1.82, 2.24) is 10.6 Å². The number of hydrogen-bond acceptors (Lipinski definition) is 3. The maximum Gasteiger partial charge on any atom is 0.191 e. The Morgan fingerprint density at radius 2 is 2.05 bits per heavy atom. The summed E-state index contributed by atoms with van der Waals surface area (Å²) in [5.41, 5.74) is 2.37. The molecule has 4 nitrogen and oxygen atoms in total. The first kappa shape index (κ1) is 15.5. The average Bonchev–Trinajstić information content (AvgIpc) is 3.05. The van der Waals surface area contributed by atoms with Crippen molar-refractivity contribution in [3.05, 3.63) is 58.3 Å². The first-order valence-corrected chi connectivity index (χ1v) is 7.89. The zero-order valence-electron chi connectivity index (χ0n) is 12.1. The highest BCUT2D eigenvalue weighted by Crippen LogP contribution is 2.13. The summed E-state index contributed by atoms with van der Waals surface area (Å²) < 4.78 is 0. The maximum absolute atomic E-state index is 9.55. The molecular formula is C16H21N3OS. The van der Waals surface area contributed by atoms with Gasteiger partial charge in [-0.2, -0.15) is 11.3 Å². The lowest BCUT2D eigenvalue weighted by Crippen LogP contribution is -2.39. The number of guanidine groups is 1. The summed E-state index contributed by atoms with van der Waals surface area (Å²) in [6.45, 7) is 1.50. The second kappa shape index (κ2) is 8.44. The van der Waals surface area contributed by atoms with Crippen molar-refractivity contribution >= 4 is 17.3 Å². The monoisotopic (exact) mass is 303 g/mol. The average molecular weight is 303 g/mol. The third kappa shape index (κ3) is 4.88. The van der Waals surface area contributed by atoms with E-state index in [1.165, 1.54) is 5.56 Å². The van der Waals surface area contributed by atoms with E-state index in [9.17, 15) is 5.11 Å². The van der Waals surface area contributed by atoms with E-state index >= 15 is 0 Å². The predicted molar refractivity (Wildman–Crippen MR) is 88.8 cm³/mol. The van der Waals surface area contributed by atoms with Crippen molar-refractivity contribution in [3.63, 3.8) is 0 Å². The van der Waals surface area contributed by atoms with Crippen molar-refractivity contribution in [2.45, 2.75) is 12.5 Å². The molecule has 1 unspecified atom stereocenters. The number of nitrogens with one attached hydrogen (secondary N) is 2. The van der Waals surface area contributed by atoms with Gasteiger partial charge in [0.25, 0.3) is 0 Å². The van der Waals surface area contributed by atoms with E-state index in [0.29, 0.717) is 6.54 Å². The van der Waals surface area contributed by atoms with Gasteiger partial charge in [0.2, 0.25) is 0 Å². The van der Waals surface area contributed by atoms with E-state index in [4.69, 9.17) is 0 Å². The lowest BCUT2D eigenvalue weighted by atomic mass is 10.0. The standard InChI is InChI=1S/C16H21N3OS/c1-17-16(18-9-13-7-8-21-12-13)19-10-15(11-20)14-5-3-2-4-6-14/h2-8,12,15,20H,9-11H2,1H3,(H2,17,18,19). The first-order chi connectivity index (χ1) is 10.3. The van der Waals surface area contributed by atoms with E-state index in [1.54, 1.807) is 18.4 Å². The van der Waals surface area contributed by atoms with Gasteiger partial charge in [-0.1, -0.05) is 30.3 Å². The van der Waals surface area contributed by atoms with Gasteiger partial charge in [0, 0.05) is 26.1 Å². The summed E-state index contributed by atoms with van der Waals surface area (Å²) in [6, 6.07) is 12.1. The van der Waals surface area contributed by atoms with Crippen molar-refractivity contribution in [3.8, 4) is 0 Å². The summed E-state index contributed by atoms with van der Waals surface area (Å²) in [6.07, 6.45) is 0. The molecule has 5 heteroatoms. The van der Waals surface area contributed by atoms with Crippen LogP contribution in [0.15, 0.2) is 52.2 Å². The van der Waals surface area contributed by atoms with E-state index in [2.05, 4.69) is 32.5 Å². The molecule has 0 saturated heterocycles. The number of aliphatic imine (C=N–C) groups is 1. The van der Waals surface area contributed by atoms with Crippen LogP contribution in [-0.2, 0) is 6.54 Å². The molecular weight excluding hydrogens is 282 g/mol. The van der Waals surface area contributed by atoms with Gasteiger partial charge in [-0.15, -0.1) is 0 Å². The second-order valence-corrected chi connectivity index (χ2v) is 5.51. The van der Waals surface area contributed by atoms with E-state index in [-0.39, 0.29) is 12.5 Å². The van der Waals surface area contributed by atoms with Crippen LogP contribution >= 0.6 is 11.3 Å². The van der Waals surface area contributed by atoms with Crippen molar-refractivity contribution in [2.75, 3.05) is 20.2 Å². The van der Waals surface area contributed by atoms with Crippen LogP contribution in [-0.4, -0.2) is 31.3 Å². The third-order valence-electron chi connectivity index (χ3n) is 3.27. The molecule has 1 atom stereocenters. The highest BCUT2D eigenvalue weighted by Gasteiger charge is 2.10. The van der Waals surface area contributed by atoms with Crippen LogP contribution in [0.2, 0.25) is 0 Å². The Morgan fingerprint density at radius 1 is 1.24 bits per heavy atom. The molecule has 0 aliphatic heterocycles. The molecule has 0 bridgehead atoms. The van der Waals surface area contributed by atoms with E-state index in [1.807, 2.05) is 30.3 Å². The Labute approximate surface area is 129 Å². The highest BCUT2D eigenvalue weighted by atomic mass is 32.1. The Kier molecular flexibility index (Phi) is 6.24. The third-order valence-corrected chi connectivity index (χ3v) is 4.00. The van der Waals surface area contributed by atoms with Gasteiger partial charge in [-0.3, -0.25) is 4.99 Å². The summed E-state index contributed by atoms with van der Waals surface area (Å²) >= 11 is 1.68. The molecule has 0 aliphatic rings. The number of benzene rings is 1. The van der Waals surface area contributed by atoms with Crippen molar-refractivity contribution in [1.29, 1.82) is 0 Å². The molecule has 2 rings (SSSR count). The number of nitrogens with zero attached hydrogens (tertiary/aromatic N) is 1. The lowest BCUT2D eigenvalue weighted by molar-refractivity contribution is 0.265. The van der Waals surface area contributed by atoms with Gasteiger partial charge in [0.1, 0.15) is 0 Å². The first-order valence-electron chi connectivity index (χ1n) is 6.95. The van der Waals surface area contributed by atoms with Gasteiger partial charge in [0.05, 0.1) is 6.61 Å². The fourth-order valence-electron chi connectivity index (χ4n) is 2.03. The quantitative estimate of drug-likeness (QED) is 0.566. The SMILES string of the molecule is CN=C(NCc1ccsc1)NCC(CO)c1ccccc1. The zero-order chi connectivity index (χ0) is 14.9. The van der Waals surface area contributed by atoms with Gasteiger partial charge in [0.15, 0.2) is 5.96 Å². The second-order valence-electron chi connectivity index (χ2n) is 4.73. The number of aliphatic hydroxyl groups is 1. The summed E-state index contributed by atoms with van der Waals surface area (Å²) in [5.74, 6) is 0.807. The minimum atomic E-state index is 0.0610. The van der Waals surface area contributed by atoms with Crippen LogP contribution in [0.5, 0.6) is 0 Å². The molecule has 0 amide bonds. The maximum atomic E-state index is 9.55. The van der Waals surface area contributed by atoms with Crippen molar-refractivity contribution in [2.24, 2.45) is 4.99 Å². The normalized spacial score (nSPS) is 13.0. The summed E-state index contributed by atoms with van der Waals surface area (Å²) in [5, 5.41) is 20.2. The minimum absolute atomic E-state index is 0.0610. The molecule has 112 valence electrons. The topological polar surface area (TPSA) is 56.7 Å². The van der Waals surface area contributed by atoms with Crippen LogP contribution in [0.25, 0.3) is 0 Å².